The first-order valence-electron chi connectivity index (χ1n) is 8.43. The Hall–Kier alpha value is -2.31. The van der Waals surface area contributed by atoms with E-state index in [-0.39, 0.29) is 5.95 Å². The molecule has 0 atom stereocenters. The third kappa shape index (κ3) is 5.89. The molecule has 0 aliphatic rings. The van der Waals surface area contributed by atoms with Crippen LogP contribution in [0.1, 0.15) is 45.7 Å². The van der Waals surface area contributed by atoms with Crippen molar-refractivity contribution in [1.29, 1.82) is 0 Å². The van der Waals surface area contributed by atoms with Gasteiger partial charge < -0.3 is 10.1 Å². The van der Waals surface area contributed by atoms with E-state index in [9.17, 15) is 13.2 Å². The minimum Gasteiger partial charge on any atom is -0.471 e. The second kappa shape index (κ2) is 7.51. The Labute approximate surface area is 151 Å². The van der Waals surface area contributed by atoms with E-state index in [1.54, 1.807) is 20.8 Å². The average Bonchev–Trinajstić information content (AvgIpc) is 2.46. The number of aromatic nitrogens is 2. The molecule has 0 fully saturated rings. The number of hydrogen-bond donors (Lipinski definition) is 1. The zero-order valence-corrected chi connectivity index (χ0v) is 15.6. The van der Waals surface area contributed by atoms with E-state index in [0.29, 0.717) is 11.6 Å². The van der Waals surface area contributed by atoms with Crippen molar-refractivity contribution in [2.24, 2.45) is 5.92 Å². The molecule has 2 rings (SSSR count). The van der Waals surface area contributed by atoms with E-state index in [0.717, 1.165) is 12.6 Å². The molecule has 2 aromatic rings. The lowest BCUT2D eigenvalue weighted by atomic mass is 10.0. The van der Waals surface area contributed by atoms with E-state index in [4.69, 9.17) is 4.74 Å². The van der Waals surface area contributed by atoms with Crippen molar-refractivity contribution >= 4 is 11.6 Å². The fourth-order valence-electron chi connectivity index (χ4n) is 2.31. The topological polar surface area (TPSA) is 47.0 Å². The van der Waals surface area contributed by atoms with Gasteiger partial charge in [-0.1, -0.05) is 26.0 Å². The standard InChI is InChI=1S/C19H24F3N3O/c1-12(2)10-13-6-8-14(9-7-13)24-17-23-11-15(19(20,21)22)16(25-17)26-18(3,4)5/h6-9,11-12H,10H2,1-5H3,(H,23,24,25). The summed E-state index contributed by atoms with van der Waals surface area (Å²) in [6, 6.07) is 7.64. The van der Waals surface area contributed by atoms with Crippen LogP contribution in [0.3, 0.4) is 0 Å². The molecule has 0 amide bonds. The molecule has 0 aliphatic heterocycles. The minimum atomic E-state index is -4.59. The molecule has 0 spiro atoms. The first-order valence-corrected chi connectivity index (χ1v) is 8.43. The summed E-state index contributed by atoms with van der Waals surface area (Å²) in [5.74, 6) is 0.108. The van der Waals surface area contributed by atoms with Crippen LogP contribution in [0, 0.1) is 5.92 Å². The van der Waals surface area contributed by atoms with Crippen molar-refractivity contribution in [2.75, 3.05) is 5.32 Å². The number of benzene rings is 1. The molecule has 0 saturated carbocycles. The lowest BCUT2D eigenvalue weighted by Crippen LogP contribution is -2.26. The number of ether oxygens (including phenoxy) is 1. The van der Waals surface area contributed by atoms with Gasteiger partial charge in [0.25, 0.3) is 0 Å². The molecular formula is C19H24F3N3O. The lowest BCUT2D eigenvalue weighted by Gasteiger charge is -2.23. The van der Waals surface area contributed by atoms with Crippen LogP contribution in [0.15, 0.2) is 30.5 Å². The SMILES string of the molecule is CC(C)Cc1ccc(Nc2ncc(C(F)(F)F)c(OC(C)(C)C)n2)cc1. The van der Waals surface area contributed by atoms with E-state index < -0.39 is 23.2 Å². The molecule has 1 heterocycles. The predicted molar refractivity (Wildman–Crippen MR) is 95.7 cm³/mol. The molecule has 142 valence electrons. The normalized spacial score (nSPS) is 12.3. The van der Waals surface area contributed by atoms with Crippen molar-refractivity contribution < 1.29 is 17.9 Å². The van der Waals surface area contributed by atoms with Gasteiger partial charge in [0, 0.05) is 11.9 Å². The number of hydrogen-bond acceptors (Lipinski definition) is 4. The molecule has 0 radical (unpaired) electrons. The number of rotatable bonds is 5. The fourth-order valence-corrected chi connectivity index (χ4v) is 2.31. The van der Waals surface area contributed by atoms with Gasteiger partial charge in [-0.2, -0.15) is 18.2 Å². The highest BCUT2D eigenvalue weighted by Crippen LogP contribution is 2.36. The molecule has 26 heavy (non-hydrogen) atoms. The highest BCUT2D eigenvalue weighted by Gasteiger charge is 2.37. The Morgan fingerprint density at radius 1 is 1.08 bits per heavy atom. The fraction of sp³-hybridized carbons (Fsp3) is 0.474. The van der Waals surface area contributed by atoms with Gasteiger partial charge >= 0.3 is 6.18 Å². The van der Waals surface area contributed by atoms with Crippen LogP contribution in [0.2, 0.25) is 0 Å². The number of nitrogens with zero attached hydrogens (tertiary/aromatic N) is 2. The van der Waals surface area contributed by atoms with Crippen molar-refractivity contribution in [3.8, 4) is 5.88 Å². The zero-order valence-electron chi connectivity index (χ0n) is 15.6. The molecule has 0 aliphatic carbocycles. The quantitative estimate of drug-likeness (QED) is 0.746. The summed E-state index contributed by atoms with van der Waals surface area (Å²) in [6.07, 6.45) is -2.89. The molecule has 1 aromatic heterocycles. The van der Waals surface area contributed by atoms with Crippen LogP contribution in [0.25, 0.3) is 0 Å². The lowest BCUT2D eigenvalue weighted by molar-refractivity contribution is -0.140. The Morgan fingerprint density at radius 2 is 1.69 bits per heavy atom. The van der Waals surface area contributed by atoms with E-state index in [1.165, 1.54) is 5.56 Å². The molecule has 1 N–H and O–H groups in total. The summed E-state index contributed by atoms with van der Waals surface area (Å²) in [7, 11) is 0. The molecular weight excluding hydrogens is 343 g/mol. The summed E-state index contributed by atoms with van der Waals surface area (Å²) in [4.78, 5) is 7.71. The molecule has 0 unspecified atom stereocenters. The molecule has 7 heteroatoms. The van der Waals surface area contributed by atoms with Crippen molar-refractivity contribution in [2.45, 2.75) is 52.8 Å². The first kappa shape index (κ1) is 20.0. The first-order chi connectivity index (χ1) is 11.9. The zero-order chi connectivity index (χ0) is 19.5. The second-order valence-corrected chi connectivity index (χ2v) is 7.54. The smallest absolute Gasteiger partial charge is 0.423 e. The Bertz CT molecular complexity index is 735. The number of alkyl halides is 3. The predicted octanol–water partition coefficient (Wildman–Crippen LogP) is 5.61. The molecule has 1 aromatic carbocycles. The van der Waals surface area contributed by atoms with Gasteiger partial charge in [-0.05, 0) is 50.8 Å². The maximum atomic E-state index is 13.2. The maximum absolute atomic E-state index is 13.2. The third-order valence-electron chi connectivity index (χ3n) is 3.32. The highest BCUT2D eigenvalue weighted by atomic mass is 19.4. The number of nitrogens with one attached hydrogen (secondary N) is 1. The Morgan fingerprint density at radius 3 is 2.19 bits per heavy atom. The average molecular weight is 367 g/mol. The van der Waals surface area contributed by atoms with Crippen molar-refractivity contribution in [1.82, 2.24) is 9.97 Å². The van der Waals surface area contributed by atoms with Crippen LogP contribution < -0.4 is 10.1 Å². The van der Waals surface area contributed by atoms with Gasteiger partial charge in [0.2, 0.25) is 11.8 Å². The Kier molecular flexibility index (Phi) is 5.78. The summed E-state index contributed by atoms with van der Waals surface area (Å²) in [5, 5.41) is 2.92. The van der Waals surface area contributed by atoms with Crippen molar-refractivity contribution in [3.05, 3.63) is 41.6 Å². The van der Waals surface area contributed by atoms with Crippen molar-refractivity contribution in [3.63, 3.8) is 0 Å². The van der Waals surface area contributed by atoms with Crippen LogP contribution in [0.5, 0.6) is 5.88 Å². The second-order valence-electron chi connectivity index (χ2n) is 7.54. The number of anilines is 2. The van der Waals surface area contributed by atoms with Gasteiger partial charge in [0.05, 0.1) is 0 Å². The summed E-state index contributed by atoms with van der Waals surface area (Å²) >= 11 is 0. The van der Waals surface area contributed by atoms with E-state index in [2.05, 4.69) is 29.1 Å². The monoisotopic (exact) mass is 367 g/mol. The van der Waals surface area contributed by atoms with Gasteiger partial charge in [0.1, 0.15) is 11.2 Å². The van der Waals surface area contributed by atoms with E-state index in [1.807, 2.05) is 24.3 Å². The molecule has 0 saturated heterocycles. The number of halogens is 3. The van der Waals surface area contributed by atoms with Crippen LogP contribution in [-0.4, -0.2) is 15.6 Å². The van der Waals surface area contributed by atoms with Gasteiger partial charge in [-0.15, -0.1) is 0 Å². The summed E-state index contributed by atoms with van der Waals surface area (Å²) < 4.78 is 44.8. The maximum Gasteiger partial charge on any atom is 0.423 e. The van der Waals surface area contributed by atoms with Gasteiger partial charge in [-0.25, -0.2) is 4.98 Å². The Balaban J connectivity index is 2.25. The molecule has 4 nitrogen and oxygen atoms in total. The van der Waals surface area contributed by atoms with Gasteiger partial charge in [0.15, 0.2) is 0 Å². The van der Waals surface area contributed by atoms with Crippen LogP contribution in [-0.2, 0) is 12.6 Å². The van der Waals surface area contributed by atoms with Crippen LogP contribution in [0.4, 0.5) is 24.8 Å². The van der Waals surface area contributed by atoms with E-state index >= 15 is 0 Å². The summed E-state index contributed by atoms with van der Waals surface area (Å²) in [5.41, 5.74) is 0.0734. The van der Waals surface area contributed by atoms with Gasteiger partial charge in [-0.3, -0.25) is 0 Å². The third-order valence-corrected chi connectivity index (χ3v) is 3.32. The molecule has 0 bridgehead atoms. The van der Waals surface area contributed by atoms with Crippen LogP contribution >= 0.6 is 0 Å². The largest absolute Gasteiger partial charge is 0.471 e. The minimum absolute atomic E-state index is 0.0499. The highest BCUT2D eigenvalue weighted by molar-refractivity contribution is 5.54. The summed E-state index contributed by atoms with van der Waals surface area (Å²) in [6.45, 7) is 9.26.